The Kier molecular flexibility index (Phi) is 8.95. The molecule has 9 heteroatoms. The van der Waals surface area contributed by atoms with Gasteiger partial charge >= 0.3 is 0 Å². The van der Waals surface area contributed by atoms with E-state index in [1.807, 2.05) is 25.1 Å². The summed E-state index contributed by atoms with van der Waals surface area (Å²) in [4.78, 5) is 28.8. The molecule has 3 aromatic rings. The number of hydrogen-bond donors (Lipinski definition) is 2. The van der Waals surface area contributed by atoms with Gasteiger partial charge in [-0.05, 0) is 55.3 Å². The second-order valence-electron chi connectivity index (χ2n) is 9.61. The van der Waals surface area contributed by atoms with Crippen molar-refractivity contribution < 1.29 is 18.4 Å². The number of nitriles is 1. The Bertz CT molecular complexity index is 1360. The maximum atomic E-state index is 14.5. The summed E-state index contributed by atoms with van der Waals surface area (Å²) in [6, 6.07) is 18.3. The minimum atomic E-state index is -1.32. The van der Waals surface area contributed by atoms with Crippen molar-refractivity contribution in [3.05, 3.63) is 94.5 Å². The fraction of sp³-hybridized carbons (Fsp3) is 0.300. The van der Waals surface area contributed by atoms with Crippen LogP contribution in [0.3, 0.4) is 0 Å². The van der Waals surface area contributed by atoms with E-state index in [0.29, 0.717) is 31.0 Å². The lowest BCUT2D eigenvalue weighted by atomic mass is 9.88. The van der Waals surface area contributed by atoms with E-state index in [1.165, 1.54) is 6.07 Å². The summed E-state index contributed by atoms with van der Waals surface area (Å²) in [6.07, 6.45) is 0.388. The molecule has 39 heavy (non-hydrogen) atoms. The summed E-state index contributed by atoms with van der Waals surface area (Å²) in [6.45, 7) is 4.10. The van der Waals surface area contributed by atoms with Crippen LogP contribution in [0.5, 0.6) is 0 Å². The van der Waals surface area contributed by atoms with E-state index in [9.17, 15) is 23.6 Å². The van der Waals surface area contributed by atoms with E-state index >= 15 is 0 Å². The van der Waals surface area contributed by atoms with Crippen molar-refractivity contribution in [2.75, 3.05) is 19.6 Å². The maximum absolute atomic E-state index is 14.5. The Balaban J connectivity index is 1.56. The molecule has 6 nitrogen and oxygen atoms in total. The van der Waals surface area contributed by atoms with E-state index in [4.69, 9.17) is 11.6 Å². The molecule has 0 aliphatic carbocycles. The minimum Gasteiger partial charge on any atom is -0.340 e. The van der Waals surface area contributed by atoms with Gasteiger partial charge in [-0.1, -0.05) is 54.9 Å². The molecule has 1 atom stereocenters. The molecule has 1 saturated heterocycles. The summed E-state index contributed by atoms with van der Waals surface area (Å²) in [7, 11) is 0. The molecule has 2 N–H and O–H groups in total. The minimum absolute atomic E-state index is 0.254. The van der Waals surface area contributed by atoms with E-state index < -0.39 is 41.5 Å². The quantitative estimate of drug-likeness (QED) is 0.408. The summed E-state index contributed by atoms with van der Waals surface area (Å²) < 4.78 is 29.0. The molecular weight excluding hydrogens is 522 g/mol. The van der Waals surface area contributed by atoms with Crippen LogP contribution in [0, 0.1) is 23.0 Å². The third-order valence-electron chi connectivity index (χ3n) is 7.16. The fourth-order valence-corrected chi connectivity index (χ4v) is 4.96. The van der Waals surface area contributed by atoms with Crippen molar-refractivity contribution in [1.82, 2.24) is 15.5 Å². The van der Waals surface area contributed by atoms with Gasteiger partial charge in [-0.3, -0.25) is 9.59 Å². The molecule has 0 aromatic heterocycles. The number of halogens is 3. The maximum Gasteiger partial charge on any atom is 0.251 e. The van der Waals surface area contributed by atoms with E-state index in [0.717, 1.165) is 29.8 Å². The zero-order chi connectivity index (χ0) is 28.0. The first-order valence-electron chi connectivity index (χ1n) is 12.8. The Hall–Kier alpha value is -3.80. The van der Waals surface area contributed by atoms with Crippen LogP contribution in [0.1, 0.15) is 35.7 Å². The molecule has 1 fully saturated rings. The van der Waals surface area contributed by atoms with Gasteiger partial charge in [-0.2, -0.15) is 5.26 Å². The van der Waals surface area contributed by atoms with Gasteiger partial charge in [0.05, 0.1) is 6.07 Å². The molecule has 1 aliphatic rings. The molecule has 0 spiro atoms. The number of likely N-dealkylation sites (tertiary alicyclic amines) is 1. The van der Waals surface area contributed by atoms with E-state index in [2.05, 4.69) is 21.6 Å². The molecule has 3 aromatic carbocycles. The molecule has 202 valence electrons. The molecule has 0 saturated carbocycles. The molecule has 0 unspecified atom stereocenters. The van der Waals surface area contributed by atoms with Gasteiger partial charge in [0, 0.05) is 41.2 Å². The summed E-state index contributed by atoms with van der Waals surface area (Å²) in [5.74, 6) is -2.91. The molecule has 0 radical (unpaired) electrons. The average Bonchev–Trinajstić information content (AvgIpc) is 2.95. The van der Waals surface area contributed by atoms with Gasteiger partial charge in [0.1, 0.15) is 23.2 Å². The van der Waals surface area contributed by atoms with Crippen molar-refractivity contribution >= 4 is 23.4 Å². The summed E-state index contributed by atoms with van der Waals surface area (Å²) in [5.41, 5.74) is 0.405. The fourth-order valence-electron chi connectivity index (χ4n) is 4.72. The van der Waals surface area contributed by atoms with Crippen molar-refractivity contribution in [3.63, 3.8) is 0 Å². The Morgan fingerprint density at radius 2 is 1.67 bits per heavy atom. The number of piperidine rings is 1. The number of nitrogens with zero attached hydrogens (tertiary/aromatic N) is 2. The zero-order valence-electron chi connectivity index (χ0n) is 21.5. The first kappa shape index (κ1) is 28.2. The summed E-state index contributed by atoms with van der Waals surface area (Å²) >= 11 is 6.28. The second kappa shape index (κ2) is 12.4. The molecule has 4 rings (SSSR count). The zero-order valence-corrected chi connectivity index (χ0v) is 22.3. The number of nitrogens with one attached hydrogen (secondary N) is 2. The predicted molar refractivity (Wildman–Crippen MR) is 146 cm³/mol. The number of hydrogen-bond acceptors (Lipinski definition) is 4. The van der Waals surface area contributed by atoms with Gasteiger partial charge in [-0.25, -0.2) is 8.78 Å². The highest BCUT2D eigenvalue weighted by molar-refractivity contribution is 6.33. The molecule has 0 bridgehead atoms. The Morgan fingerprint density at radius 1 is 1.03 bits per heavy atom. The molecular formula is C30H29ClF2N4O2. The lowest BCUT2D eigenvalue weighted by Gasteiger charge is -2.38. The van der Waals surface area contributed by atoms with Gasteiger partial charge in [0.2, 0.25) is 5.91 Å². The normalized spacial score (nSPS) is 15.7. The third kappa shape index (κ3) is 6.62. The predicted octanol–water partition coefficient (Wildman–Crippen LogP) is 5.12. The van der Waals surface area contributed by atoms with Crippen LogP contribution < -0.4 is 10.6 Å². The van der Waals surface area contributed by atoms with Crippen LogP contribution in [0.15, 0.2) is 66.7 Å². The molecule has 1 heterocycles. The van der Waals surface area contributed by atoms with Crippen molar-refractivity contribution in [2.24, 2.45) is 0 Å². The van der Waals surface area contributed by atoms with Crippen molar-refractivity contribution in [1.29, 1.82) is 5.26 Å². The smallest absolute Gasteiger partial charge is 0.251 e. The topological polar surface area (TPSA) is 85.2 Å². The highest BCUT2D eigenvalue weighted by Crippen LogP contribution is 2.28. The van der Waals surface area contributed by atoms with Crippen LogP contribution >= 0.6 is 11.6 Å². The monoisotopic (exact) mass is 550 g/mol. The van der Waals surface area contributed by atoms with Crippen LogP contribution in [0.2, 0.25) is 5.02 Å². The third-order valence-corrected chi connectivity index (χ3v) is 7.49. The van der Waals surface area contributed by atoms with Crippen LogP contribution in [-0.2, 0) is 11.2 Å². The average molecular weight is 551 g/mol. The number of carbonyl (C=O) groups excluding carboxylic acids is 2. The standard InChI is InChI=1S/C30H29ClF2N4O2/c1-2-37-16-14-30(19-34,15-17-37)36-29(39)27(18-23-25(32)8-5-9-26(23)33)35-28(38)21-12-10-20(11-13-21)22-6-3-4-7-24(22)31/h3-13,27H,2,14-18H2,1H3,(H,35,38)(H,36,39)/t27-/m0/s1. The number of carbonyl (C=O) groups is 2. The van der Waals surface area contributed by atoms with Crippen LogP contribution in [0.25, 0.3) is 11.1 Å². The van der Waals surface area contributed by atoms with Gasteiger partial charge in [0.25, 0.3) is 5.91 Å². The Morgan fingerprint density at radius 3 is 2.26 bits per heavy atom. The SMILES string of the molecule is CCN1CCC(C#N)(NC(=O)[C@H](Cc2c(F)cccc2F)NC(=O)c2ccc(-c3ccccc3Cl)cc2)CC1. The highest BCUT2D eigenvalue weighted by atomic mass is 35.5. The highest BCUT2D eigenvalue weighted by Gasteiger charge is 2.38. The second-order valence-corrected chi connectivity index (χ2v) is 10.0. The van der Waals surface area contributed by atoms with Gasteiger partial charge < -0.3 is 15.5 Å². The summed E-state index contributed by atoms with van der Waals surface area (Å²) in [5, 5.41) is 15.9. The molecule has 1 aliphatic heterocycles. The molecule has 2 amide bonds. The Labute approximate surface area is 231 Å². The van der Waals surface area contributed by atoms with Gasteiger partial charge in [-0.15, -0.1) is 0 Å². The van der Waals surface area contributed by atoms with Crippen LogP contribution in [0.4, 0.5) is 8.78 Å². The lowest BCUT2D eigenvalue weighted by Crippen LogP contribution is -2.59. The largest absolute Gasteiger partial charge is 0.340 e. The van der Waals surface area contributed by atoms with Gasteiger partial charge in [0.15, 0.2) is 0 Å². The number of benzene rings is 3. The lowest BCUT2D eigenvalue weighted by molar-refractivity contribution is -0.124. The van der Waals surface area contributed by atoms with Crippen molar-refractivity contribution in [3.8, 4) is 17.2 Å². The number of rotatable bonds is 8. The first-order valence-corrected chi connectivity index (χ1v) is 13.2. The van der Waals surface area contributed by atoms with E-state index in [-0.39, 0.29) is 11.1 Å². The van der Waals surface area contributed by atoms with E-state index in [1.54, 1.807) is 30.3 Å². The number of amides is 2. The first-order chi connectivity index (χ1) is 18.7. The van der Waals surface area contributed by atoms with Crippen LogP contribution in [-0.4, -0.2) is 47.9 Å². The van der Waals surface area contributed by atoms with Crippen molar-refractivity contribution in [2.45, 2.75) is 37.8 Å².